The molecule has 1 fully saturated rings. The SMILES string of the molecule is CC1CN(CC(C)(C)O)CCN1C(=O)Nc1nnc(C(C)(C)c2ccccc2)s1. The second-order valence-electron chi connectivity index (χ2n) is 8.92. The van der Waals surface area contributed by atoms with Gasteiger partial charge in [0, 0.05) is 37.6 Å². The first-order valence-electron chi connectivity index (χ1n) is 9.98. The number of rotatable bonds is 5. The van der Waals surface area contributed by atoms with Crippen molar-refractivity contribution in [3.05, 3.63) is 40.9 Å². The molecule has 1 unspecified atom stereocenters. The number of aliphatic hydroxyl groups is 1. The van der Waals surface area contributed by atoms with Gasteiger partial charge in [0.15, 0.2) is 0 Å². The van der Waals surface area contributed by atoms with E-state index in [0.717, 1.165) is 23.7 Å². The maximum absolute atomic E-state index is 12.8. The number of hydrogen-bond donors (Lipinski definition) is 2. The molecule has 0 bridgehead atoms. The molecule has 0 radical (unpaired) electrons. The lowest BCUT2D eigenvalue weighted by Gasteiger charge is -2.41. The van der Waals surface area contributed by atoms with Crippen molar-refractivity contribution in [3.8, 4) is 0 Å². The maximum Gasteiger partial charge on any atom is 0.324 e. The van der Waals surface area contributed by atoms with Gasteiger partial charge in [0.2, 0.25) is 5.13 Å². The number of benzene rings is 1. The minimum atomic E-state index is -0.737. The summed E-state index contributed by atoms with van der Waals surface area (Å²) < 4.78 is 0. The molecule has 1 atom stereocenters. The van der Waals surface area contributed by atoms with Crippen LogP contribution in [0.25, 0.3) is 0 Å². The highest BCUT2D eigenvalue weighted by Crippen LogP contribution is 2.34. The highest BCUT2D eigenvalue weighted by Gasteiger charge is 2.31. The molecule has 0 spiro atoms. The predicted octanol–water partition coefficient (Wildman–Crippen LogP) is 3.17. The van der Waals surface area contributed by atoms with Gasteiger partial charge in [-0.1, -0.05) is 41.7 Å². The molecule has 3 rings (SSSR count). The number of amides is 2. The van der Waals surface area contributed by atoms with E-state index >= 15 is 0 Å². The highest BCUT2D eigenvalue weighted by molar-refractivity contribution is 7.15. The molecule has 2 heterocycles. The molecule has 1 aromatic carbocycles. The second kappa shape index (κ2) is 8.38. The number of carbonyl (C=O) groups excluding carboxylic acids is 1. The van der Waals surface area contributed by atoms with Crippen LogP contribution in [0, 0.1) is 0 Å². The summed E-state index contributed by atoms with van der Waals surface area (Å²) >= 11 is 1.41. The zero-order valence-corrected chi connectivity index (χ0v) is 18.7. The van der Waals surface area contributed by atoms with Crippen molar-refractivity contribution in [2.75, 3.05) is 31.5 Å². The number of anilines is 1. The molecule has 158 valence electrons. The van der Waals surface area contributed by atoms with Gasteiger partial charge in [-0.05, 0) is 40.2 Å². The number of aromatic nitrogens is 2. The summed E-state index contributed by atoms with van der Waals surface area (Å²) in [4.78, 5) is 16.8. The van der Waals surface area contributed by atoms with Crippen LogP contribution in [-0.4, -0.2) is 69.0 Å². The summed E-state index contributed by atoms with van der Waals surface area (Å²) in [7, 11) is 0. The van der Waals surface area contributed by atoms with Crippen molar-refractivity contribution in [1.82, 2.24) is 20.0 Å². The van der Waals surface area contributed by atoms with Gasteiger partial charge < -0.3 is 10.0 Å². The predicted molar refractivity (Wildman–Crippen MR) is 116 cm³/mol. The molecular weight excluding hydrogens is 386 g/mol. The van der Waals surface area contributed by atoms with E-state index in [-0.39, 0.29) is 17.5 Å². The molecule has 1 aliphatic rings. The number of carbonyl (C=O) groups is 1. The molecule has 1 saturated heterocycles. The average Bonchev–Trinajstić information content (AvgIpc) is 3.10. The zero-order chi connectivity index (χ0) is 21.2. The van der Waals surface area contributed by atoms with E-state index in [4.69, 9.17) is 0 Å². The Balaban J connectivity index is 1.62. The summed E-state index contributed by atoms with van der Waals surface area (Å²) in [6, 6.07) is 10.1. The number of nitrogens with one attached hydrogen (secondary N) is 1. The first-order chi connectivity index (χ1) is 13.6. The third-order valence-electron chi connectivity index (χ3n) is 5.25. The van der Waals surface area contributed by atoms with E-state index in [1.54, 1.807) is 13.8 Å². The van der Waals surface area contributed by atoms with Crippen molar-refractivity contribution in [2.24, 2.45) is 0 Å². The fraction of sp³-hybridized carbons (Fsp3) is 0.571. The van der Waals surface area contributed by atoms with Crippen LogP contribution in [0.1, 0.15) is 45.2 Å². The Labute approximate surface area is 176 Å². The Morgan fingerprint density at radius 1 is 1.21 bits per heavy atom. The van der Waals surface area contributed by atoms with Crippen molar-refractivity contribution in [1.29, 1.82) is 0 Å². The molecule has 1 aliphatic heterocycles. The summed E-state index contributed by atoms with van der Waals surface area (Å²) in [6.45, 7) is 12.5. The summed E-state index contributed by atoms with van der Waals surface area (Å²) in [6.07, 6.45) is 0. The van der Waals surface area contributed by atoms with Gasteiger partial charge in [-0.15, -0.1) is 10.2 Å². The van der Waals surface area contributed by atoms with E-state index in [9.17, 15) is 9.90 Å². The van der Waals surface area contributed by atoms with Gasteiger partial charge in [-0.3, -0.25) is 10.2 Å². The van der Waals surface area contributed by atoms with E-state index in [0.29, 0.717) is 18.2 Å². The smallest absolute Gasteiger partial charge is 0.324 e. The van der Waals surface area contributed by atoms with Gasteiger partial charge in [0.25, 0.3) is 0 Å². The molecule has 8 heteroatoms. The topological polar surface area (TPSA) is 81.6 Å². The van der Waals surface area contributed by atoms with Crippen LogP contribution in [0.3, 0.4) is 0 Å². The monoisotopic (exact) mass is 417 g/mol. The van der Waals surface area contributed by atoms with E-state index < -0.39 is 5.60 Å². The molecule has 1 aromatic heterocycles. The van der Waals surface area contributed by atoms with Crippen LogP contribution in [0.2, 0.25) is 0 Å². The number of urea groups is 1. The fourth-order valence-corrected chi connectivity index (χ4v) is 4.55. The number of nitrogens with zero attached hydrogens (tertiary/aromatic N) is 4. The summed E-state index contributed by atoms with van der Waals surface area (Å²) in [5, 5.41) is 22.8. The van der Waals surface area contributed by atoms with Gasteiger partial charge in [0.05, 0.1) is 5.60 Å². The molecular formula is C21H31N5O2S. The summed E-state index contributed by atoms with van der Waals surface area (Å²) in [5.41, 5.74) is 0.141. The Hall–Kier alpha value is -2.03. The van der Waals surface area contributed by atoms with Crippen LogP contribution < -0.4 is 5.32 Å². The Kier molecular flexibility index (Phi) is 6.26. The third-order valence-corrected chi connectivity index (χ3v) is 6.41. The maximum atomic E-state index is 12.8. The van der Waals surface area contributed by atoms with Crippen LogP contribution in [-0.2, 0) is 5.41 Å². The van der Waals surface area contributed by atoms with Crippen LogP contribution >= 0.6 is 11.3 Å². The molecule has 2 N–H and O–H groups in total. The molecule has 2 amide bonds. The van der Waals surface area contributed by atoms with Crippen LogP contribution in [0.15, 0.2) is 30.3 Å². The van der Waals surface area contributed by atoms with Gasteiger partial charge >= 0.3 is 6.03 Å². The second-order valence-corrected chi connectivity index (χ2v) is 9.90. The molecule has 0 aliphatic carbocycles. The quantitative estimate of drug-likeness (QED) is 0.781. The fourth-order valence-electron chi connectivity index (χ4n) is 3.69. The van der Waals surface area contributed by atoms with Crippen molar-refractivity contribution < 1.29 is 9.90 Å². The minimum Gasteiger partial charge on any atom is -0.389 e. The average molecular weight is 418 g/mol. The number of piperazine rings is 1. The molecule has 2 aromatic rings. The highest BCUT2D eigenvalue weighted by atomic mass is 32.1. The van der Waals surface area contributed by atoms with Crippen LogP contribution in [0.4, 0.5) is 9.93 Å². The summed E-state index contributed by atoms with van der Waals surface area (Å²) in [5.74, 6) is 0. The first kappa shape index (κ1) is 21.7. The van der Waals surface area contributed by atoms with E-state index in [1.807, 2.05) is 30.0 Å². The zero-order valence-electron chi connectivity index (χ0n) is 17.8. The van der Waals surface area contributed by atoms with Crippen LogP contribution in [0.5, 0.6) is 0 Å². The minimum absolute atomic E-state index is 0.0549. The standard InChI is InChI=1S/C21H31N5O2S/c1-15-13-25(14-20(2,3)28)11-12-26(15)19(27)22-18-24-23-17(29-18)21(4,5)16-9-7-6-8-10-16/h6-10,15,28H,11-14H2,1-5H3,(H,22,24,27). The van der Waals surface area contributed by atoms with E-state index in [2.05, 4.69) is 46.4 Å². The van der Waals surface area contributed by atoms with Gasteiger partial charge in [0.1, 0.15) is 5.01 Å². The van der Waals surface area contributed by atoms with Crippen molar-refractivity contribution in [2.45, 2.75) is 51.7 Å². The Morgan fingerprint density at radius 3 is 2.52 bits per heavy atom. The third kappa shape index (κ3) is 5.32. The van der Waals surface area contributed by atoms with Crippen molar-refractivity contribution in [3.63, 3.8) is 0 Å². The van der Waals surface area contributed by atoms with Gasteiger partial charge in [-0.2, -0.15) is 0 Å². The molecule has 29 heavy (non-hydrogen) atoms. The Bertz CT molecular complexity index is 831. The first-order valence-corrected chi connectivity index (χ1v) is 10.8. The largest absolute Gasteiger partial charge is 0.389 e. The van der Waals surface area contributed by atoms with Gasteiger partial charge in [-0.25, -0.2) is 4.79 Å². The lowest BCUT2D eigenvalue weighted by atomic mass is 9.85. The van der Waals surface area contributed by atoms with Crippen molar-refractivity contribution >= 4 is 22.5 Å². The van der Waals surface area contributed by atoms with E-state index in [1.165, 1.54) is 11.3 Å². The Morgan fingerprint density at radius 2 is 1.90 bits per heavy atom. The normalized spacial score (nSPS) is 18.7. The molecule has 7 nitrogen and oxygen atoms in total. The lowest BCUT2D eigenvalue weighted by molar-refractivity contribution is 0.0130. The lowest BCUT2D eigenvalue weighted by Crippen LogP contribution is -2.57. The molecule has 0 saturated carbocycles. The number of hydrogen-bond acceptors (Lipinski definition) is 6. The number of β-amino-alcohol motifs (C(OH)–C–C–N with tert-alkyl or cyclic N) is 1.